The Morgan fingerprint density at radius 3 is 2.67 bits per heavy atom. The van der Waals surface area contributed by atoms with Crippen molar-refractivity contribution in [3.8, 4) is 0 Å². The van der Waals surface area contributed by atoms with E-state index in [9.17, 15) is 4.79 Å². The zero-order chi connectivity index (χ0) is 13.0. The van der Waals surface area contributed by atoms with E-state index in [1.807, 2.05) is 11.9 Å². The summed E-state index contributed by atoms with van der Waals surface area (Å²) >= 11 is 0. The summed E-state index contributed by atoms with van der Waals surface area (Å²) in [7, 11) is 1.87. The van der Waals surface area contributed by atoms with Crippen molar-refractivity contribution < 1.29 is 14.6 Å². The van der Waals surface area contributed by atoms with Crippen LogP contribution in [0.4, 0.5) is 0 Å². The number of hydrogen-bond acceptors (Lipinski definition) is 5. The van der Waals surface area contributed by atoms with E-state index in [-0.39, 0.29) is 24.5 Å². The third-order valence-corrected chi connectivity index (χ3v) is 3.87. The van der Waals surface area contributed by atoms with Crippen molar-refractivity contribution in [2.24, 2.45) is 5.92 Å². The maximum Gasteiger partial charge on any atom is 0.229 e. The van der Waals surface area contributed by atoms with Gasteiger partial charge in [0.2, 0.25) is 5.91 Å². The van der Waals surface area contributed by atoms with Crippen LogP contribution in [-0.2, 0) is 9.53 Å². The summed E-state index contributed by atoms with van der Waals surface area (Å²) < 4.78 is 5.38. The number of carbonyl (C=O) groups is 1. The van der Waals surface area contributed by atoms with Crippen molar-refractivity contribution in [3.63, 3.8) is 0 Å². The molecule has 18 heavy (non-hydrogen) atoms. The Labute approximate surface area is 108 Å². The van der Waals surface area contributed by atoms with Gasteiger partial charge in [-0.1, -0.05) is 0 Å². The molecule has 1 amide bonds. The van der Waals surface area contributed by atoms with Gasteiger partial charge in [0.05, 0.1) is 25.7 Å². The van der Waals surface area contributed by atoms with E-state index in [1.165, 1.54) is 0 Å². The predicted molar refractivity (Wildman–Crippen MR) is 67.3 cm³/mol. The van der Waals surface area contributed by atoms with Crippen LogP contribution in [0.1, 0.15) is 0 Å². The second-order valence-electron chi connectivity index (χ2n) is 4.93. The van der Waals surface area contributed by atoms with Gasteiger partial charge in [-0.3, -0.25) is 9.69 Å². The maximum absolute atomic E-state index is 12.4. The average molecular weight is 257 g/mol. The first-order valence-electron chi connectivity index (χ1n) is 6.63. The van der Waals surface area contributed by atoms with Crippen molar-refractivity contribution >= 4 is 5.91 Å². The minimum atomic E-state index is -0.0422. The van der Waals surface area contributed by atoms with Crippen LogP contribution in [0.25, 0.3) is 0 Å². The number of aliphatic hydroxyl groups is 1. The summed E-state index contributed by atoms with van der Waals surface area (Å²) in [6.07, 6.45) is 0. The van der Waals surface area contributed by atoms with Gasteiger partial charge in [0.15, 0.2) is 0 Å². The fraction of sp³-hybridized carbons (Fsp3) is 0.917. The summed E-state index contributed by atoms with van der Waals surface area (Å²) in [4.78, 5) is 16.5. The van der Waals surface area contributed by atoms with E-state index in [1.54, 1.807) is 0 Å². The van der Waals surface area contributed by atoms with Gasteiger partial charge in [-0.2, -0.15) is 0 Å². The highest BCUT2D eigenvalue weighted by Gasteiger charge is 2.36. The van der Waals surface area contributed by atoms with Gasteiger partial charge in [0, 0.05) is 38.8 Å². The Kier molecular flexibility index (Phi) is 4.94. The predicted octanol–water partition coefficient (Wildman–Crippen LogP) is -1.64. The maximum atomic E-state index is 12.4. The molecule has 0 saturated carbocycles. The van der Waals surface area contributed by atoms with Crippen molar-refractivity contribution in [2.75, 3.05) is 59.6 Å². The van der Waals surface area contributed by atoms with Gasteiger partial charge in [-0.05, 0) is 7.05 Å². The monoisotopic (exact) mass is 257 g/mol. The van der Waals surface area contributed by atoms with Crippen LogP contribution in [-0.4, -0.2) is 86.4 Å². The van der Waals surface area contributed by atoms with E-state index in [0.717, 1.165) is 26.2 Å². The Hall–Kier alpha value is -0.690. The van der Waals surface area contributed by atoms with Crippen LogP contribution in [0, 0.1) is 5.92 Å². The number of likely N-dealkylation sites (N-methyl/N-ethyl adjacent to an activating group) is 1. The van der Waals surface area contributed by atoms with Crippen molar-refractivity contribution in [2.45, 2.75) is 6.04 Å². The zero-order valence-electron chi connectivity index (χ0n) is 11.0. The second kappa shape index (κ2) is 6.47. The molecule has 0 aromatic rings. The Balaban J connectivity index is 1.83. The molecule has 2 unspecified atom stereocenters. The third-order valence-electron chi connectivity index (χ3n) is 3.87. The molecule has 2 heterocycles. The molecule has 0 bridgehead atoms. The van der Waals surface area contributed by atoms with Crippen molar-refractivity contribution in [1.82, 2.24) is 15.1 Å². The zero-order valence-corrected chi connectivity index (χ0v) is 11.0. The lowest BCUT2D eigenvalue weighted by Gasteiger charge is -2.36. The SMILES string of the molecule is CNC1COCC1C(=O)N1CCN(CCO)CC1. The summed E-state index contributed by atoms with van der Waals surface area (Å²) in [5.41, 5.74) is 0. The molecule has 2 atom stereocenters. The number of carbonyl (C=O) groups excluding carboxylic acids is 1. The molecule has 2 fully saturated rings. The first kappa shape index (κ1) is 13.7. The third kappa shape index (κ3) is 3.00. The van der Waals surface area contributed by atoms with Crippen LogP contribution in [0.2, 0.25) is 0 Å². The van der Waals surface area contributed by atoms with Gasteiger partial charge in [-0.15, -0.1) is 0 Å². The van der Waals surface area contributed by atoms with E-state index in [0.29, 0.717) is 19.8 Å². The molecule has 0 aromatic heterocycles. The number of nitrogens with one attached hydrogen (secondary N) is 1. The van der Waals surface area contributed by atoms with Crippen LogP contribution < -0.4 is 5.32 Å². The normalized spacial score (nSPS) is 29.8. The Morgan fingerprint density at radius 1 is 1.33 bits per heavy atom. The summed E-state index contributed by atoms with van der Waals surface area (Å²) in [5.74, 6) is 0.162. The number of hydrogen-bond donors (Lipinski definition) is 2. The molecule has 0 aromatic carbocycles. The molecular formula is C12H23N3O3. The number of piperazine rings is 1. The molecular weight excluding hydrogens is 234 g/mol. The van der Waals surface area contributed by atoms with Gasteiger partial charge < -0.3 is 20.1 Å². The molecule has 0 aliphatic carbocycles. The molecule has 2 saturated heterocycles. The lowest BCUT2D eigenvalue weighted by molar-refractivity contribution is -0.137. The number of β-amino-alcohol motifs (C(OH)–C–C–N with tert-alkyl or cyclic N) is 1. The van der Waals surface area contributed by atoms with Gasteiger partial charge in [0.1, 0.15) is 0 Å². The van der Waals surface area contributed by atoms with Crippen LogP contribution >= 0.6 is 0 Å². The summed E-state index contributed by atoms with van der Waals surface area (Å²) in [6, 6.07) is 0.146. The first-order chi connectivity index (χ1) is 8.76. The number of amides is 1. The van der Waals surface area contributed by atoms with E-state index < -0.39 is 0 Å². The molecule has 2 aliphatic heterocycles. The Bertz CT molecular complexity index is 280. The molecule has 2 N–H and O–H groups in total. The largest absolute Gasteiger partial charge is 0.395 e. The molecule has 6 nitrogen and oxygen atoms in total. The minimum Gasteiger partial charge on any atom is -0.395 e. The average Bonchev–Trinajstić information content (AvgIpc) is 2.87. The number of aliphatic hydroxyl groups excluding tert-OH is 1. The van der Waals surface area contributed by atoms with E-state index in [4.69, 9.17) is 9.84 Å². The number of ether oxygens (including phenoxy) is 1. The highest BCUT2D eigenvalue weighted by molar-refractivity contribution is 5.80. The van der Waals surface area contributed by atoms with Gasteiger partial charge in [0.25, 0.3) is 0 Å². The lowest BCUT2D eigenvalue weighted by atomic mass is 10.0. The molecule has 2 aliphatic rings. The van der Waals surface area contributed by atoms with Crippen LogP contribution in [0.5, 0.6) is 0 Å². The fourth-order valence-electron chi connectivity index (χ4n) is 2.65. The molecule has 0 spiro atoms. The summed E-state index contributed by atoms with van der Waals surface area (Å²) in [5, 5.41) is 12.0. The second-order valence-corrected chi connectivity index (χ2v) is 4.93. The lowest BCUT2D eigenvalue weighted by Crippen LogP contribution is -2.53. The van der Waals surface area contributed by atoms with Crippen LogP contribution in [0.3, 0.4) is 0 Å². The quantitative estimate of drug-likeness (QED) is 0.632. The highest BCUT2D eigenvalue weighted by Crippen LogP contribution is 2.17. The topological polar surface area (TPSA) is 65.0 Å². The van der Waals surface area contributed by atoms with Crippen LogP contribution in [0.15, 0.2) is 0 Å². The molecule has 104 valence electrons. The molecule has 6 heteroatoms. The standard InChI is InChI=1S/C12H23N3O3/c1-13-11-9-18-8-10(11)12(17)15-4-2-14(3-5-15)6-7-16/h10-11,13,16H,2-9H2,1H3. The Morgan fingerprint density at radius 2 is 2.06 bits per heavy atom. The van der Waals surface area contributed by atoms with Crippen molar-refractivity contribution in [1.29, 1.82) is 0 Å². The number of rotatable bonds is 4. The van der Waals surface area contributed by atoms with E-state index in [2.05, 4.69) is 10.2 Å². The van der Waals surface area contributed by atoms with Crippen molar-refractivity contribution in [3.05, 3.63) is 0 Å². The van der Waals surface area contributed by atoms with Gasteiger partial charge >= 0.3 is 0 Å². The first-order valence-corrected chi connectivity index (χ1v) is 6.63. The molecule has 0 radical (unpaired) electrons. The van der Waals surface area contributed by atoms with E-state index >= 15 is 0 Å². The smallest absolute Gasteiger partial charge is 0.229 e. The minimum absolute atomic E-state index is 0.0422. The van der Waals surface area contributed by atoms with Gasteiger partial charge in [-0.25, -0.2) is 0 Å². The highest BCUT2D eigenvalue weighted by atomic mass is 16.5. The number of nitrogens with zero attached hydrogens (tertiary/aromatic N) is 2. The fourth-order valence-corrected chi connectivity index (χ4v) is 2.65. The molecule has 2 rings (SSSR count). The summed E-state index contributed by atoms with van der Waals surface area (Å²) in [6.45, 7) is 5.25.